The van der Waals surface area contributed by atoms with E-state index in [0.717, 1.165) is 30.5 Å². The first-order chi connectivity index (χ1) is 13.9. The van der Waals surface area contributed by atoms with E-state index in [-0.39, 0.29) is 22.8 Å². The molecule has 4 rings (SSSR count). The first-order valence-electron chi connectivity index (χ1n) is 10.1. The molecule has 2 aromatic carbocycles. The zero-order valence-electron chi connectivity index (χ0n) is 16.7. The zero-order chi connectivity index (χ0) is 20.6. The van der Waals surface area contributed by atoms with Crippen molar-refractivity contribution in [1.82, 2.24) is 0 Å². The Hall–Kier alpha value is -2.54. The van der Waals surface area contributed by atoms with E-state index in [1.807, 2.05) is 18.7 Å². The number of carbonyl (C=O) groups is 1. The van der Waals surface area contributed by atoms with Crippen LogP contribution in [-0.2, 0) is 21.2 Å². The van der Waals surface area contributed by atoms with Crippen molar-refractivity contribution in [2.45, 2.75) is 50.5 Å². The third kappa shape index (κ3) is 3.83. The van der Waals surface area contributed by atoms with Gasteiger partial charge in [-0.1, -0.05) is 6.42 Å². The van der Waals surface area contributed by atoms with Gasteiger partial charge in [0.1, 0.15) is 5.75 Å². The molecule has 1 heterocycles. The molecule has 6 nitrogen and oxygen atoms in total. The molecule has 1 saturated carbocycles. The normalized spacial score (nSPS) is 18.8. The van der Waals surface area contributed by atoms with E-state index in [1.54, 1.807) is 42.5 Å². The van der Waals surface area contributed by atoms with Crippen LogP contribution in [0.5, 0.6) is 5.75 Å². The highest BCUT2D eigenvalue weighted by atomic mass is 32.2. The number of carbonyl (C=O) groups excluding carboxylic acids is 1. The molecule has 0 aromatic heterocycles. The summed E-state index contributed by atoms with van der Waals surface area (Å²) in [5.41, 5.74) is 2.22. The molecule has 1 amide bonds. The molecular weight excluding hydrogens is 388 g/mol. The summed E-state index contributed by atoms with van der Waals surface area (Å²) in [5.74, 6) is 0.983. The lowest BCUT2D eigenvalue weighted by Gasteiger charge is -2.32. The summed E-state index contributed by atoms with van der Waals surface area (Å²) in [6, 6.07) is 11.9. The van der Waals surface area contributed by atoms with Crippen LogP contribution in [0.2, 0.25) is 0 Å². The van der Waals surface area contributed by atoms with Gasteiger partial charge in [-0.15, -0.1) is 0 Å². The maximum atomic E-state index is 12.8. The number of anilines is 2. The summed E-state index contributed by atoms with van der Waals surface area (Å²) < 4.78 is 33.7. The molecule has 2 aliphatic rings. The number of rotatable bonds is 6. The predicted octanol–water partition coefficient (Wildman–Crippen LogP) is 3.96. The van der Waals surface area contributed by atoms with E-state index in [0.29, 0.717) is 24.5 Å². The Morgan fingerprint density at radius 1 is 1.17 bits per heavy atom. The van der Waals surface area contributed by atoms with Crippen molar-refractivity contribution in [2.75, 3.05) is 16.2 Å². The molecule has 0 spiro atoms. The summed E-state index contributed by atoms with van der Waals surface area (Å²) in [4.78, 5) is 14.8. The first-order valence-corrected chi connectivity index (χ1v) is 11.6. The van der Waals surface area contributed by atoms with E-state index in [1.165, 1.54) is 0 Å². The smallest absolute Gasteiger partial charge is 0.261 e. The van der Waals surface area contributed by atoms with Gasteiger partial charge in [0, 0.05) is 23.3 Å². The Bertz CT molecular complexity index is 1010. The highest BCUT2D eigenvalue weighted by molar-refractivity contribution is 7.92. The maximum absolute atomic E-state index is 12.8. The van der Waals surface area contributed by atoms with Crippen LogP contribution in [0.1, 0.15) is 38.7 Å². The van der Waals surface area contributed by atoms with Crippen LogP contribution in [0.15, 0.2) is 47.4 Å². The second-order valence-electron chi connectivity index (χ2n) is 7.74. The monoisotopic (exact) mass is 414 g/mol. The topological polar surface area (TPSA) is 75.7 Å². The molecule has 1 aliphatic carbocycles. The van der Waals surface area contributed by atoms with E-state index in [4.69, 9.17) is 4.74 Å². The Labute approximate surface area is 171 Å². The Kier molecular flexibility index (Phi) is 5.25. The van der Waals surface area contributed by atoms with Gasteiger partial charge in [-0.3, -0.25) is 9.52 Å². The fraction of sp³-hybridized carbons (Fsp3) is 0.409. The fourth-order valence-corrected chi connectivity index (χ4v) is 5.07. The van der Waals surface area contributed by atoms with Crippen molar-refractivity contribution in [2.24, 2.45) is 5.92 Å². The van der Waals surface area contributed by atoms with Gasteiger partial charge in [-0.25, -0.2) is 8.42 Å². The zero-order valence-corrected chi connectivity index (χ0v) is 17.5. The molecule has 0 unspecified atom stereocenters. The predicted molar refractivity (Wildman–Crippen MR) is 113 cm³/mol. The van der Waals surface area contributed by atoms with E-state index >= 15 is 0 Å². The van der Waals surface area contributed by atoms with Crippen molar-refractivity contribution in [3.05, 3.63) is 48.0 Å². The van der Waals surface area contributed by atoms with Gasteiger partial charge in [0.05, 0.1) is 11.5 Å². The van der Waals surface area contributed by atoms with Gasteiger partial charge >= 0.3 is 0 Å². The lowest BCUT2D eigenvalue weighted by Crippen LogP contribution is -2.42. The summed E-state index contributed by atoms with van der Waals surface area (Å²) in [6.45, 7) is 4.47. The van der Waals surface area contributed by atoms with E-state index in [9.17, 15) is 13.2 Å². The minimum absolute atomic E-state index is 0.0510. The summed E-state index contributed by atoms with van der Waals surface area (Å²) in [7, 11) is -3.72. The van der Waals surface area contributed by atoms with Gasteiger partial charge < -0.3 is 9.64 Å². The van der Waals surface area contributed by atoms with Crippen LogP contribution in [0, 0.1) is 5.92 Å². The molecule has 0 bridgehead atoms. The van der Waals surface area contributed by atoms with Crippen LogP contribution in [0.3, 0.4) is 0 Å². The molecular formula is C22H26N2O4S. The molecule has 1 N–H and O–H groups in total. The molecule has 2 aromatic rings. The summed E-state index contributed by atoms with van der Waals surface area (Å²) in [6.07, 6.45) is 3.69. The Balaban J connectivity index is 1.55. The minimum Gasteiger partial charge on any atom is -0.494 e. The van der Waals surface area contributed by atoms with Crippen molar-refractivity contribution in [3.63, 3.8) is 0 Å². The first kappa shape index (κ1) is 19.8. The Morgan fingerprint density at radius 3 is 2.52 bits per heavy atom. The highest BCUT2D eigenvalue weighted by Gasteiger charge is 2.37. The van der Waals surface area contributed by atoms with Gasteiger partial charge in [-0.2, -0.15) is 0 Å². The van der Waals surface area contributed by atoms with E-state index in [2.05, 4.69) is 4.72 Å². The van der Waals surface area contributed by atoms with Crippen LogP contribution in [0.4, 0.5) is 11.4 Å². The number of hydrogen-bond donors (Lipinski definition) is 1. The molecule has 1 aliphatic heterocycles. The van der Waals surface area contributed by atoms with Gasteiger partial charge in [0.25, 0.3) is 10.0 Å². The van der Waals surface area contributed by atoms with Crippen molar-refractivity contribution >= 4 is 27.3 Å². The number of nitrogens with one attached hydrogen (secondary N) is 1. The lowest BCUT2D eigenvalue weighted by molar-refractivity contribution is -0.125. The van der Waals surface area contributed by atoms with E-state index < -0.39 is 10.0 Å². The number of amides is 1. The standard InChI is InChI=1S/C22H26N2O4S/c1-3-28-19-9-7-18(8-10-19)23-29(26,27)20-11-12-21-17(14-20)13-15(2)24(21)22(25)16-5-4-6-16/h7-12,14-16,23H,3-6,13H2,1-2H3/t15-/m1/s1. The van der Waals surface area contributed by atoms with Crippen LogP contribution < -0.4 is 14.4 Å². The third-order valence-corrected chi connectivity index (χ3v) is 7.07. The average molecular weight is 415 g/mol. The maximum Gasteiger partial charge on any atom is 0.261 e. The van der Waals surface area contributed by atoms with Gasteiger partial charge in [0.2, 0.25) is 5.91 Å². The molecule has 7 heteroatoms. The third-order valence-electron chi connectivity index (χ3n) is 5.69. The van der Waals surface area contributed by atoms with Crippen LogP contribution in [-0.4, -0.2) is 27.0 Å². The van der Waals surface area contributed by atoms with Crippen LogP contribution >= 0.6 is 0 Å². The molecule has 1 fully saturated rings. The van der Waals surface area contributed by atoms with Crippen molar-refractivity contribution < 1.29 is 17.9 Å². The number of benzene rings is 2. The number of nitrogens with zero attached hydrogens (tertiary/aromatic N) is 1. The minimum atomic E-state index is -3.72. The summed E-state index contributed by atoms with van der Waals surface area (Å²) >= 11 is 0. The number of fused-ring (bicyclic) bond motifs is 1. The molecule has 1 atom stereocenters. The second-order valence-corrected chi connectivity index (χ2v) is 9.43. The van der Waals surface area contributed by atoms with Crippen molar-refractivity contribution in [1.29, 1.82) is 0 Å². The molecule has 0 saturated heterocycles. The highest BCUT2D eigenvalue weighted by Crippen LogP contribution is 2.38. The molecule has 0 radical (unpaired) electrons. The van der Waals surface area contributed by atoms with Gasteiger partial charge in [-0.05, 0) is 81.1 Å². The Morgan fingerprint density at radius 2 is 1.90 bits per heavy atom. The fourth-order valence-electron chi connectivity index (χ4n) is 3.96. The van der Waals surface area contributed by atoms with Crippen LogP contribution in [0.25, 0.3) is 0 Å². The molecule has 29 heavy (non-hydrogen) atoms. The SMILES string of the molecule is CCOc1ccc(NS(=O)(=O)c2ccc3c(c2)C[C@@H](C)N3C(=O)C2CCC2)cc1. The largest absolute Gasteiger partial charge is 0.494 e. The van der Waals surface area contributed by atoms with Crippen molar-refractivity contribution in [3.8, 4) is 5.75 Å². The number of sulfonamides is 1. The number of hydrogen-bond acceptors (Lipinski definition) is 4. The quantitative estimate of drug-likeness (QED) is 0.776. The lowest BCUT2D eigenvalue weighted by atomic mass is 9.84. The second kappa shape index (κ2) is 7.71. The summed E-state index contributed by atoms with van der Waals surface area (Å²) in [5, 5.41) is 0. The van der Waals surface area contributed by atoms with Gasteiger partial charge in [0.15, 0.2) is 0 Å². The average Bonchev–Trinajstić information content (AvgIpc) is 2.96. The molecule has 154 valence electrons. The number of ether oxygens (including phenoxy) is 1.